The van der Waals surface area contributed by atoms with Crippen molar-refractivity contribution in [3.05, 3.63) is 310 Å². The summed E-state index contributed by atoms with van der Waals surface area (Å²) in [6.07, 6.45) is 74.4. The standard InChI is InChI=1S/C21H21I2N3O.C20H19I2N3O2.C19H19I2N3O.C18H17I2N3O.C17H17I2N3O/c1-12(22)21(27)16(23)7-8-17-13-5-3-2-4-6-14(13)20-15-11-24-26-18(15)9-10-19(20)25-17;1-10(21)20(27)15(22)4-5-16-13-8-11(26)2-3-12(13)19-14-9-23-25-17(14)6-7-18(19)24-16;1-2-17-13(11-23-24-17)7-8-22-18(12-5-3-4-6-12)14-9-15(20)19(25)16(21)10-14;1-2-16-12(10-22-23-16)6-7-21-17(11-4-3-5-11)13-8-14(19)18(24)15(20)9-13;1-3-5-16(12-8-13(18)17(23)14(19)9-12)20-7-6-11-10-21-22-15(11)4-2/h7-11,15,18,26-27H,1-6H2;4-7,9,11,14,17,25-27H,1-3,8H2;2,5,7-11,15,19,25H,1,3-4,6H2,(H,23,24);2,4,6-10,14,18,24H,1,3,5H2,(H,22,23);3-10,13,17,23H,2H2,1H3,(H,21,22)/b8-7+,21-16-;5-4+,20-15-;8-7+,22-18?;7-6+,21-17?;5-3+,7-6+,20-16-. The number of aliphatic imine (C=N–C) groups is 3. The van der Waals surface area contributed by atoms with E-state index in [4.69, 9.17) is 20.0 Å². The van der Waals surface area contributed by atoms with Crippen LogP contribution in [0.15, 0.2) is 245 Å². The van der Waals surface area contributed by atoms with Gasteiger partial charge in [0.25, 0.3) is 0 Å². The number of fused-ring (bicyclic) bond motifs is 10. The largest absolute Gasteiger partial charge is 0.506 e. The van der Waals surface area contributed by atoms with Crippen LogP contribution in [0, 0.1) is 0 Å². The predicted molar refractivity (Wildman–Crippen MR) is 605 cm³/mol. The van der Waals surface area contributed by atoms with Crippen LogP contribution in [0.25, 0.3) is 60.8 Å². The summed E-state index contributed by atoms with van der Waals surface area (Å²) in [5, 5.41) is 89.9. The van der Waals surface area contributed by atoms with Crippen molar-refractivity contribution in [1.29, 1.82) is 0 Å². The van der Waals surface area contributed by atoms with E-state index in [2.05, 4.69) is 319 Å². The maximum absolute atomic E-state index is 10.2. The van der Waals surface area contributed by atoms with E-state index in [0.717, 1.165) is 162 Å². The molecular formula is C95H93I10N15O6. The Hall–Kier alpha value is -5.36. The number of aromatic amines is 3. The summed E-state index contributed by atoms with van der Waals surface area (Å²) in [5.41, 5.74) is 32.2. The van der Waals surface area contributed by atoms with Crippen LogP contribution in [0.2, 0.25) is 0 Å². The van der Waals surface area contributed by atoms with Crippen LogP contribution in [0.5, 0.6) is 0 Å². The Bertz CT molecular complexity index is 5740. The van der Waals surface area contributed by atoms with Crippen molar-refractivity contribution in [3.63, 3.8) is 0 Å². The fourth-order valence-electron chi connectivity index (χ4n) is 15.3. The first-order valence-electron chi connectivity index (χ1n) is 40.7. The smallest absolute Gasteiger partial charge is 0.141 e. The van der Waals surface area contributed by atoms with Gasteiger partial charge in [-0.15, -0.1) is 0 Å². The van der Waals surface area contributed by atoms with Crippen LogP contribution in [-0.4, -0.2) is 149 Å². The zero-order valence-electron chi connectivity index (χ0n) is 68.5. The monoisotopic (exact) mass is 2810 g/mol. The summed E-state index contributed by atoms with van der Waals surface area (Å²) in [6.45, 7) is 20.8. The van der Waals surface area contributed by atoms with Crippen molar-refractivity contribution in [2.24, 2.45) is 25.2 Å². The number of nitrogens with zero attached hydrogens (tertiary/aromatic N) is 10. The molecule has 0 aromatic carbocycles. The zero-order valence-corrected chi connectivity index (χ0v) is 90.1. The minimum Gasteiger partial charge on any atom is -0.506 e. The highest BCUT2D eigenvalue weighted by molar-refractivity contribution is 14.1. The molecule has 0 spiro atoms. The fourth-order valence-corrected chi connectivity index (χ4v) is 24.5. The Morgan fingerprint density at radius 3 is 1.35 bits per heavy atom. The zero-order chi connectivity index (χ0) is 89.8. The summed E-state index contributed by atoms with van der Waals surface area (Å²) in [4.78, 5) is 23.9. The minimum atomic E-state index is -0.441. The van der Waals surface area contributed by atoms with Gasteiger partial charge in [0.2, 0.25) is 0 Å². The fraction of sp³-hybridized carbons (Fsp3) is 0.263. The van der Waals surface area contributed by atoms with Gasteiger partial charge in [-0.05, 0) is 394 Å². The van der Waals surface area contributed by atoms with Gasteiger partial charge in [0.1, 0.15) is 11.5 Å². The number of aromatic nitrogens is 8. The summed E-state index contributed by atoms with van der Waals surface area (Å²) >= 11 is 21.7. The topological polar surface area (TPSA) is 319 Å². The third kappa shape index (κ3) is 25.5. The Morgan fingerprint density at radius 2 is 0.929 bits per heavy atom. The maximum atomic E-state index is 10.2. The molecule has 0 saturated heterocycles. The number of pyridine rings is 2. The van der Waals surface area contributed by atoms with Gasteiger partial charge >= 0.3 is 0 Å². The second-order valence-electron chi connectivity index (χ2n) is 30.2. The van der Waals surface area contributed by atoms with Crippen LogP contribution in [-0.2, 0) is 25.7 Å². The Kier molecular flexibility index (Phi) is 38.2. The SMILES string of the molecule is C=C(I)/C(O)=C(I)\C=C\c1nc2c(c3c1CC(O)CC3)C1C=NNC1C=C2.C=C(I)/C(O)=C(I)\C=C\c1nc2c(c3c1CCCCC3)C1C=NNC1C=C2.C=Cc1[nH]ncc1/C=C/N=C(/C=C/C)C1=CC(I)C(O)C(I)=C1.C=Cc1[nH]ncc1/C=C/N=C(C1=CC(I)C(O)C(I)=C1)C1=CCC1.C=Cc1[nH]ncc1/C=C/N=C(C1=CC(I)C(O)C(I)=C1)C1=CCCC1. The molecule has 0 bridgehead atoms. The Balaban J connectivity index is 0.000000143. The molecule has 11 aliphatic rings. The molecule has 7 heterocycles. The van der Waals surface area contributed by atoms with Crippen molar-refractivity contribution >= 4 is 316 Å². The molecule has 0 radical (unpaired) electrons. The second kappa shape index (κ2) is 48.3. The molecule has 5 aromatic heterocycles. The molecule has 16 rings (SSSR count). The highest BCUT2D eigenvalue weighted by atomic mass is 127. The highest BCUT2D eigenvalue weighted by Crippen LogP contribution is 2.43. The number of hydrazone groups is 2. The first kappa shape index (κ1) is 99.6. The van der Waals surface area contributed by atoms with Crippen LogP contribution in [0.4, 0.5) is 0 Å². The van der Waals surface area contributed by atoms with E-state index in [1.54, 1.807) is 49.2 Å². The number of alkyl halides is 3. The van der Waals surface area contributed by atoms with E-state index in [1.807, 2.05) is 150 Å². The van der Waals surface area contributed by atoms with Crippen molar-refractivity contribution in [3.8, 4) is 0 Å². The molecule has 126 heavy (non-hydrogen) atoms. The lowest BCUT2D eigenvalue weighted by Gasteiger charge is -2.30. The van der Waals surface area contributed by atoms with Gasteiger partial charge in [-0.25, -0.2) is 9.97 Å². The number of aliphatic hydroxyl groups is 6. The molecule has 9 aliphatic carbocycles. The molecule has 5 aromatic rings. The molecule has 21 nitrogen and oxygen atoms in total. The average molecular weight is 2810 g/mol. The summed E-state index contributed by atoms with van der Waals surface area (Å²) < 4.78 is 5.70. The number of H-pyrrole nitrogens is 3. The summed E-state index contributed by atoms with van der Waals surface area (Å²) in [7, 11) is 0. The van der Waals surface area contributed by atoms with Gasteiger partial charge in [0, 0.05) is 83.9 Å². The third-order valence-corrected chi connectivity index (χ3v) is 30.7. The summed E-state index contributed by atoms with van der Waals surface area (Å²) in [5.74, 6) is 0.891. The second-order valence-corrected chi connectivity index (χ2v) is 43.2. The van der Waals surface area contributed by atoms with E-state index in [0.29, 0.717) is 17.2 Å². The molecule has 0 amide bonds. The van der Waals surface area contributed by atoms with E-state index >= 15 is 0 Å². The lowest BCUT2D eigenvalue weighted by atomic mass is 9.77. The molecule has 11 atom stereocenters. The molecule has 654 valence electrons. The molecule has 31 heteroatoms. The normalized spacial score (nSPS) is 24.3. The number of nitrogens with one attached hydrogen (secondary N) is 5. The van der Waals surface area contributed by atoms with Crippen LogP contribution in [0.3, 0.4) is 0 Å². The van der Waals surface area contributed by atoms with Gasteiger partial charge in [-0.3, -0.25) is 30.3 Å². The third-order valence-electron chi connectivity index (χ3n) is 21.9. The average Bonchev–Trinajstić information content (AvgIpc) is 1.51. The number of aliphatic hydroxyl groups excluding tert-OH is 6. The van der Waals surface area contributed by atoms with E-state index in [9.17, 15) is 30.6 Å². The van der Waals surface area contributed by atoms with Crippen molar-refractivity contribution in [1.82, 2.24) is 51.4 Å². The lowest BCUT2D eigenvalue weighted by Crippen LogP contribution is -2.30. The van der Waals surface area contributed by atoms with Crippen LogP contribution >= 0.6 is 226 Å². The van der Waals surface area contributed by atoms with Crippen molar-refractivity contribution in [2.75, 3.05) is 0 Å². The number of rotatable bonds is 21. The van der Waals surface area contributed by atoms with Gasteiger partial charge in [-0.1, -0.05) is 156 Å². The lowest BCUT2D eigenvalue weighted by molar-refractivity contribution is 0.158. The summed E-state index contributed by atoms with van der Waals surface area (Å²) in [6, 6.07) is 0.440. The maximum Gasteiger partial charge on any atom is 0.141 e. The number of allylic oxidation sites excluding steroid dienone is 18. The molecule has 0 fully saturated rings. The van der Waals surface area contributed by atoms with E-state index < -0.39 is 18.3 Å². The van der Waals surface area contributed by atoms with Crippen molar-refractivity contribution in [2.45, 2.75) is 151 Å². The number of halogens is 10. The number of hydrogen-bond donors (Lipinski definition) is 11. The minimum absolute atomic E-state index is 0.0418. The van der Waals surface area contributed by atoms with Gasteiger partial charge in [0.15, 0.2) is 0 Å². The quantitative estimate of drug-likeness (QED) is 0.00814. The van der Waals surface area contributed by atoms with Gasteiger partial charge < -0.3 is 41.5 Å². The highest BCUT2D eigenvalue weighted by Gasteiger charge is 2.37. The molecule has 11 N–H and O–H groups in total. The predicted octanol–water partition coefficient (Wildman–Crippen LogP) is 23.8. The van der Waals surface area contributed by atoms with Crippen LogP contribution in [0.1, 0.15) is 166 Å². The first-order chi connectivity index (χ1) is 60.8. The molecular weight excluding hydrogens is 2720 g/mol. The number of hydrogen-bond acceptors (Lipinski definition) is 18. The van der Waals surface area contributed by atoms with Gasteiger partial charge in [-0.2, -0.15) is 25.5 Å². The van der Waals surface area contributed by atoms with E-state index in [-0.39, 0.29) is 53.3 Å². The van der Waals surface area contributed by atoms with Crippen molar-refractivity contribution < 1.29 is 30.6 Å². The first-order valence-corrected chi connectivity index (χ1v) is 52.0. The van der Waals surface area contributed by atoms with Crippen LogP contribution < -0.4 is 10.9 Å². The Morgan fingerprint density at radius 1 is 0.500 bits per heavy atom. The van der Waals surface area contributed by atoms with E-state index in [1.165, 1.54) is 64.6 Å². The van der Waals surface area contributed by atoms with Gasteiger partial charge in [0.05, 0.1) is 131 Å². The molecule has 11 unspecified atom stereocenters. The molecule has 2 aliphatic heterocycles. The Labute approximate surface area is 871 Å². The molecule has 0 saturated carbocycles.